The van der Waals surface area contributed by atoms with Gasteiger partial charge in [-0.15, -0.1) is 0 Å². The zero-order valence-corrected chi connectivity index (χ0v) is 35.8. The number of fused-ring (bicyclic) bond motifs is 9. The summed E-state index contributed by atoms with van der Waals surface area (Å²) in [6, 6.07) is 0. The first-order valence-corrected chi connectivity index (χ1v) is 22.8. The number of hydrogen-bond donors (Lipinski definition) is 8. The minimum absolute atomic E-state index is 0.0731. The maximum absolute atomic E-state index is 12.3. The van der Waals surface area contributed by atoms with Crippen molar-refractivity contribution in [1.82, 2.24) is 0 Å². The second-order valence-corrected chi connectivity index (χ2v) is 20.8. The Hall–Kier alpha value is -1.39. The quantitative estimate of drug-likeness (QED) is 0.139. The van der Waals surface area contributed by atoms with Crippen LogP contribution in [0, 0.1) is 46.3 Å². The predicted molar refractivity (Wildman–Crippen MR) is 209 cm³/mol. The van der Waals surface area contributed by atoms with Crippen molar-refractivity contribution in [1.29, 1.82) is 0 Å². The minimum atomic E-state index is -1.95. The summed E-state index contributed by atoms with van der Waals surface area (Å²) in [6.45, 7) is 11.0. The van der Waals surface area contributed by atoms with Gasteiger partial charge in [-0.05, 0) is 97.7 Å². The Morgan fingerprint density at radius 3 is 2.15 bits per heavy atom. The number of carboxylic acid groups (broad SMARTS) is 1. The highest BCUT2D eigenvalue weighted by Crippen LogP contribution is 2.68. The third-order valence-electron chi connectivity index (χ3n) is 16.8. The molecular weight excluding hydrogens is 800 g/mol. The summed E-state index contributed by atoms with van der Waals surface area (Å²) < 4.78 is 49.6. The van der Waals surface area contributed by atoms with Gasteiger partial charge in [0.15, 0.2) is 25.0 Å². The first kappa shape index (κ1) is 44.8. The number of ether oxygens (including phenoxy) is 8. The van der Waals surface area contributed by atoms with Crippen LogP contribution in [0.25, 0.3) is 0 Å². The van der Waals surface area contributed by atoms with Crippen molar-refractivity contribution in [3.05, 3.63) is 11.6 Å². The van der Waals surface area contributed by atoms with Crippen LogP contribution in [0.3, 0.4) is 0 Å². The summed E-state index contributed by atoms with van der Waals surface area (Å²) in [7, 11) is 0. The van der Waals surface area contributed by atoms with E-state index in [1.54, 1.807) is 0 Å². The van der Waals surface area contributed by atoms with Gasteiger partial charge in [0.2, 0.25) is 0 Å². The number of carbonyl (C=O) groups is 1. The molecule has 0 radical (unpaired) electrons. The fraction of sp³-hybridized carbons (Fsp3) is 0.932. The zero-order chi connectivity index (χ0) is 43.4. The molecule has 5 aliphatic heterocycles. The highest BCUT2D eigenvalue weighted by molar-refractivity contribution is 5.73. The van der Waals surface area contributed by atoms with Crippen molar-refractivity contribution in [3.63, 3.8) is 0 Å². The van der Waals surface area contributed by atoms with Gasteiger partial charge in [0.25, 0.3) is 0 Å². The van der Waals surface area contributed by atoms with Crippen LogP contribution in [-0.2, 0) is 42.7 Å². The van der Waals surface area contributed by atoms with E-state index in [0.29, 0.717) is 42.6 Å². The van der Waals surface area contributed by atoms with E-state index in [9.17, 15) is 45.6 Å². The van der Waals surface area contributed by atoms with E-state index in [0.717, 1.165) is 38.5 Å². The highest BCUT2D eigenvalue weighted by atomic mass is 16.8. The van der Waals surface area contributed by atoms with E-state index in [2.05, 4.69) is 40.7 Å². The maximum atomic E-state index is 12.3. The van der Waals surface area contributed by atoms with E-state index in [4.69, 9.17) is 37.9 Å². The van der Waals surface area contributed by atoms with E-state index >= 15 is 0 Å². The van der Waals surface area contributed by atoms with Crippen molar-refractivity contribution < 1.29 is 83.5 Å². The molecule has 0 amide bonds. The number of aliphatic hydroxyl groups excluding tert-OH is 7. The summed E-state index contributed by atoms with van der Waals surface area (Å²) in [5.74, 6) is 0.480. The van der Waals surface area contributed by atoms with Crippen LogP contribution < -0.4 is 0 Å². The zero-order valence-electron chi connectivity index (χ0n) is 35.8. The molecule has 0 aromatic heterocycles. The molecule has 8 N–H and O–H groups in total. The summed E-state index contributed by atoms with van der Waals surface area (Å²) >= 11 is 0. The van der Waals surface area contributed by atoms with Gasteiger partial charge in [-0.3, -0.25) is 0 Å². The standard InChI is InChI=1S/C44H68O17/c1-17(2)12-27-35(57-27)18(3)21-6-7-22-20-14-26-24-13-19(8-10-44(24,5)23(20)9-11-43(21,22)4)56-42-38(33(50)32(49)36(59-42)39(52)53)61-41-37(29(46)25(45)15-55-41)60-40-34(51)31(48)30(47)28(58-40)16-54-26/h14,17-19,21-38,40-42,45-51H,6-13,15-16H2,1-5H3,(H,52,53)/t18-,19-,21+,22-,23-,24+,25-,26+,27-,28+,29-,30-,31-,32-,33-,34+,35-,36-,37+,38+,40-,41-,42+,43+,44+/m0/s1. The average Bonchev–Trinajstić information content (AvgIpc) is 3.88. The topological polar surface area (TPSA) is 256 Å². The molecule has 5 saturated heterocycles. The van der Waals surface area contributed by atoms with Gasteiger partial charge in [-0.25, -0.2) is 4.79 Å². The molecule has 9 aliphatic rings. The fourth-order valence-electron chi connectivity index (χ4n) is 13.4. The molecule has 0 unspecified atom stereocenters. The Labute approximate surface area is 356 Å². The van der Waals surface area contributed by atoms with Crippen LogP contribution in [0.5, 0.6) is 0 Å². The number of epoxide rings is 1. The lowest BCUT2D eigenvalue weighted by Gasteiger charge is -2.59. The SMILES string of the molecule is CC(C)C[C@@H]1O[C@H]1[C@@H](C)[C@H]1CC[C@H]2C3=C[C@H]4OC[C@H]5O[C@@H](O[C@H]6[C@@H](OC[C@H](O)[C@@H]6O)O[C@H]6[C@H](O[C@H]7CC[C@@](C)([C@@H]4C7)[C@H]3CC[C@]12C)O[C@H](C(=O)O)[C@@H](O)[C@@H]6O)[C@H](O)[C@@H](O)[C@H]5O. The largest absolute Gasteiger partial charge is 0.479 e. The van der Waals surface area contributed by atoms with Crippen LogP contribution >= 0.6 is 0 Å². The van der Waals surface area contributed by atoms with Crippen LogP contribution in [0.15, 0.2) is 11.6 Å². The Morgan fingerprint density at radius 2 is 1.41 bits per heavy atom. The molecule has 0 spiro atoms. The number of rotatable bonds is 5. The molecule has 3 saturated carbocycles. The molecule has 17 nitrogen and oxygen atoms in total. The van der Waals surface area contributed by atoms with Crippen molar-refractivity contribution in [2.45, 2.75) is 196 Å². The maximum Gasteiger partial charge on any atom is 0.335 e. The van der Waals surface area contributed by atoms with Gasteiger partial charge in [0.05, 0.1) is 37.6 Å². The van der Waals surface area contributed by atoms with Crippen molar-refractivity contribution in [2.75, 3.05) is 13.2 Å². The first-order valence-electron chi connectivity index (χ1n) is 22.8. The molecule has 4 aliphatic carbocycles. The molecule has 346 valence electrons. The minimum Gasteiger partial charge on any atom is -0.479 e. The number of carboxylic acids is 1. The van der Waals surface area contributed by atoms with Crippen molar-refractivity contribution in [3.8, 4) is 0 Å². The Kier molecular flexibility index (Phi) is 12.3. The highest BCUT2D eigenvalue weighted by Gasteiger charge is 2.63. The van der Waals surface area contributed by atoms with Gasteiger partial charge < -0.3 is 78.7 Å². The third kappa shape index (κ3) is 7.76. The number of allylic oxidation sites excluding steroid dienone is 1. The fourth-order valence-corrected chi connectivity index (χ4v) is 13.4. The van der Waals surface area contributed by atoms with E-state index in [1.807, 2.05) is 0 Å². The lowest BCUT2D eigenvalue weighted by Crippen LogP contribution is -2.66. The van der Waals surface area contributed by atoms with Gasteiger partial charge in [0, 0.05) is 0 Å². The smallest absolute Gasteiger partial charge is 0.335 e. The summed E-state index contributed by atoms with van der Waals surface area (Å²) in [6.07, 6.45) is -14.3. The molecule has 4 bridgehead atoms. The molecule has 8 fully saturated rings. The second kappa shape index (κ2) is 16.8. The van der Waals surface area contributed by atoms with Gasteiger partial charge in [-0.1, -0.05) is 46.3 Å². The van der Waals surface area contributed by atoms with Crippen LogP contribution in [-0.4, -0.2) is 170 Å². The summed E-state index contributed by atoms with van der Waals surface area (Å²) in [4.78, 5) is 12.3. The monoisotopic (exact) mass is 868 g/mol. The normalized spacial score (nSPS) is 55.3. The molecule has 5 heterocycles. The van der Waals surface area contributed by atoms with Gasteiger partial charge >= 0.3 is 5.97 Å². The molecule has 25 atom stereocenters. The molecule has 0 aromatic rings. The third-order valence-corrected chi connectivity index (χ3v) is 16.8. The number of aliphatic carboxylic acids is 1. The second-order valence-electron chi connectivity index (χ2n) is 20.8. The lowest BCUT2D eigenvalue weighted by atomic mass is 9.47. The van der Waals surface area contributed by atoms with Gasteiger partial charge in [-0.2, -0.15) is 0 Å². The van der Waals surface area contributed by atoms with Crippen molar-refractivity contribution in [2.24, 2.45) is 46.3 Å². The molecular formula is C44H68O17. The predicted octanol–water partition coefficient (Wildman–Crippen LogP) is 0.596. The van der Waals surface area contributed by atoms with Crippen LogP contribution in [0.1, 0.15) is 86.0 Å². The van der Waals surface area contributed by atoms with Crippen molar-refractivity contribution >= 4 is 5.97 Å². The van der Waals surface area contributed by atoms with E-state index in [1.165, 1.54) is 5.57 Å². The van der Waals surface area contributed by atoms with Gasteiger partial charge in [0.1, 0.15) is 61.0 Å². The Balaban J connectivity index is 1.06. The first-order chi connectivity index (χ1) is 28.9. The number of hydrogen-bond acceptors (Lipinski definition) is 16. The van der Waals surface area contributed by atoms with Crippen LogP contribution in [0.2, 0.25) is 0 Å². The van der Waals surface area contributed by atoms with E-state index in [-0.39, 0.29) is 35.4 Å². The Bertz CT molecular complexity index is 1630. The van der Waals surface area contributed by atoms with E-state index < -0.39 is 111 Å². The molecule has 61 heavy (non-hydrogen) atoms. The number of aliphatic hydroxyl groups is 7. The molecule has 0 aromatic carbocycles. The van der Waals surface area contributed by atoms with Crippen LogP contribution in [0.4, 0.5) is 0 Å². The molecule has 17 heteroatoms. The lowest BCUT2D eigenvalue weighted by molar-refractivity contribution is -0.386. The molecule has 9 rings (SSSR count). The average molecular weight is 869 g/mol. The summed E-state index contributed by atoms with van der Waals surface area (Å²) in [5.41, 5.74) is 1.23. The Morgan fingerprint density at radius 1 is 0.705 bits per heavy atom. The summed E-state index contributed by atoms with van der Waals surface area (Å²) in [5, 5.41) is 87.5.